The second-order valence-electron chi connectivity index (χ2n) is 5.38. The van der Waals surface area contributed by atoms with Crippen LogP contribution in [0.15, 0.2) is 60.0 Å². The number of carbonyl (C=O) groups is 1. The van der Waals surface area contributed by atoms with Gasteiger partial charge in [-0.3, -0.25) is 4.79 Å². The third kappa shape index (κ3) is 4.81. The monoisotopic (exact) mass is 353 g/mol. The first-order valence-electron chi connectivity index (χ1n) is 7.93. The zero-order valence-electron chi connectivity index (χ0n) is 13.9. The molecular formula is C19H19N3O2S. The van der Waals surface area contributed by atoms with E-state index in [9.17, 15) is 4.79 Å². The van der Waals surface area contributed by atoms with Crippen LogP contribution in [-0.2, 0) is 6.42 Å². The molecule has 0 radical (unpaired) electrons. The number of aromatic nitrogens is 1. The van der Waals surface area contributed by atoms with E-state index in [1.165, 1.54) is 11.3 Å². The van der Waals surface area contributed by atoms with Crippen LogP contribution in [0.5, 0.6) is 5.75 Å². The summed E-state index contributed by atoms with van der Waals surface area (Å²) in [6.07, 6.45) is 0.759. The molecule has 0 saturated heterocycles. The highest BCUT2D eigenvalue weighted by Gasteiger charge is 2.10. The molecule has 2 N–H and O–H groups in total. The molecule has 3 aromatic rings. The van der Waals surface area contributed by atoms with Crippen LogP contribution in [-0.4, -0.2) is 24.5 Å². The fraction of sp³-hybridized carbons (Fsp3) is 0.158. The van der Waals surface area contributed by atoms with Crippen molar-refractivity contribution in [2.24, 2.45) is 0 Å². The summed E-state index contributed by atoms with van der Waals surface area (Å²) < 4.78 is 5.13. The first-order valence-corrected chi connectivity index (χ1v) is 8.81. The summed E-state index contributed by atoms with van der Waals surface area (Å²) in [4.78, 5) is 16.5. The van der Waals surface area contributed by atoms with E-state index in [1.807, 2.05) is 54.6 Å². The van der Waals surface area contributed by atoms with Gasteiger partial charge in [0.1, 0.15) is 11.4 Å². The molecule has 25 heavy (non-hydrogen) atoms. The highest BCUT2D eigenvalue weighted by Crippen LogP contribution is 2.20. The Balaban J connectivity index is 1.49. The predicted octanol–water partition coefficient (Wildman–Crippen LogP) is 3.87. The first-order chi connectivity index (χ1) is 12.2. The zero-order chi connectivity index (χ0) is 17.5. The molecule has 0 aliphatic rings. The summed E-state index contributed by atoms with van der Waals surface area (Å²) in [5, 5.41) is 8.55. The van der Waals surface area contributed by atoms with E-state index in [0.29, 0.717) is 17.4 Å². The quantitative estimate of drug-likeness (QED) is 0.677. The Morgan fingerprint density at radius 3 is 2.60 bits per heavy atom. The molecular weight excluding hydrogens is 334 g/mol. The summed E-state index contributed by atoms with van der Waals surface area (Å²) in [5.41, 5.74) is 2.52. The summed E-state index contributed by atoms with van der Waals surface area (Å²) >= 11 is 1.41. The van der Waals surface area contributed by atoms with Crippen molar-refractivity contribution < 1.29 is 9.53 Å². The van der Waals surface area contributed by atoms with Crippen LogP contribution in [0.1, 0.15) is 16.1 Å². The third-order valence-corrected chi connectivity index (χ3v) is 4.38. The average Bonchev–Trinajstić information content (AvgIpc) is 3.12. The molecule has 0 aliphatic heterocycles. The van der Waals surface area contributed by atoms with E-state index in [1.54, 1.807) is 12.5 Å². The molecule has 1 amide bonds. The first kappa shape index (κ1) is 17.0. The lowest BCUT2D eigenvalue weighted by molar-refractivity contribution is 0.0950. The lowest BCUT2D eigenvalue weighted by Crippen LogP contribution is -2.25. The minimum absolute atomic E-state index is 0.161. The van der Waals surface area contributed by atoms with E-state index in [2.05, 4.69) is 15.6 Å². The SMILES string of the molecule is COc1ccc(CCNC(=O)c2csc(Nc3ccccc3)n2)cc1. The van der Waals surface area contributed by atoms with Crippen molar-refractivity contribution in [3.05, 3.63) is 71.2 Å². The summed E-state index contributed by atoms with van der Waals surface area (Å²) in [7, 11) is 1.64. The number of carbonyl (C=O) groups excluding carboxylic acids is 1. The number of amides is 1. The normalized spacial score (nSPS) is 10.3. The van der Waals surface area contributed by atoms with Crippen LogP contribution in [0.2, 0.25) is 0 Å². The predicted molar refractivity (Wildman–Crippen MR) is 101 cm³/mol. The van der Waals surface area contributed by atoms with Gasteiger partial charge in [0.05, 0.1) is 7.11 Å². The molecule has 5 nitrogen and oxygen atoms in total. The summed E-state index contributed by atoms with van der Waals surface area (Å²) in [6, 6.07) is 17.6. The molecule has 128 valence electrons. The van der Waals surface area contributed by atoms with Gasteiger partial charge in [-0.25, -0.2) is 4.98 Å². The summed E-state index contributed by atoms with van der Waals surface area (Å²) in [5.74, 6) is 0.666. The van der Waals surface area contributed by atoms with Crippen molar-refractivity contribution >= 4 is 28.1 Å². The Morgan fingerprint density at radius 1 is 1.12 bits per heavy atom. The smallest absolute Gasteiger partial charge is 0.270 e. The number of hydrogen-bond donors (Lipinski definition) is 2. The van der Waals surface area contributed by atoms with Gasteiger partial charge in [0.25, 0.3) is 5.91 Å². The second kappa shape index (κ2) is 8.30. The maximum atomic E-state index is 12.2. The van der Waals surface area contributed by atoms with Gasteiger partial charge >= 0.3 is 0 Å². The van der Waals surface area contributed by atoms with E-state index < -0.39 is 0 Å². The number of thiazole rings is 1. The molecule has 1 heterocycles. The minimum atomic E-state index is -0.161. The largest absolute Gasteiger partial charge is 0.497 e. The van der Waals surface area contributed by atoms with Crippen LogP contribution in [0.4, 0.5) is 10.8 Å². The van der Waals surface area contributed by atoms with E-state index in [4.69, 9.17) is 4.74 Å². The van der Waals surface area contributed by atoms with Crippen molar-refractivity contribution in [1.29, 1.82) is 0 Å². The fourth-order valence-electron chi connectivity index (χ4n) is 2.28. The Labute approximate surface area is 150 Å². The van der Waals surface area contributed by atoms with E-state index in [-0.39, 0.29) is 5.91 Å². The van der Waals surface area contributed by atoms with Crippen molar-refractivity contribution in [1.82, 2.24) is 10.3 Å². The molecule has 0 aliphatic carbocycles. The lowest BCUT2D eigenvalue weighted by atomic mass is 10.1. The molecule has 0 fully saturated rings. The van der Waals surface area contributed by atoms with Crippen LogP contribution in [0.25, 0.3) is 0 Å². The molecule has 0 unspecified atom stereocenters. The molecule has 1 aromatic heterocycles. The van der Waals surface area contributed by atoms with Crippen molar-refractivity contribution in [2.45, 2.75) is 6.42 Å². The Morgan fingerprint density at radius 2 is 1.88 bits per heavy atom. The number of hydrogen-bond acceptors (Lipinski definition) is 5. The standard InChI is InChI=1S/C19H19N3O2S/c1-24-16-9-7-14(8-10-16)11-12-20-18(23)17-13-25-19(22-17)21-15-5-3-2-4-6-15/h2-10,13H,11-12H2,1H3,(H,20,23)(H,21,22). The lowest BCUT2D eigenvalue weighted by Gasteiger charge is -2.05. The number of rotatable bonds is 7. The fourth-order valence-corrected chi connectivity index (χ4v) is 2.99. The third-order valence-electron chi connectivity index (χ3n) is 3.62. The van der Waals surface area contributed by atoms with Crippen LogP contribution >= 0.6 is 11.3 Å². The number of anilines is 2. The van der Waals surface area contributed by atoms with Gasteiger partial charge in [0, 0.05) is 17.6 Å². The van der Waals surface area contributed by atoms with E-state index >= 15 is 0 Å². The molecule has 6 heteroatoms. The topological polar surface area (TPSA) is 63.2 Å². The van der Waals surface area contributed by atoms with E-state index in [0.717, 1.165) is 23.4 Å². The van der Waals surface area contributed by atoms with Gasteiger partial charge in [0.2, 0.25) is 0 Å². The molecule has 0 saturated carbocycles. The van der Waals surface area contributed by atoms with Crippen molar-refractivity contribution in [3.63, 3.8) is 0 Å². The Bertz CT molecular complexity index is 816. The minimum Gasteiger partial charge on any atom is -0.497 e. The molecule has 0 spiro atoms. The Hall–Kier alpha value is -2.86. The highest BCUT2D eigenvalue weighted by molar-refractivity contribution is 7.14. The highest BCUT2D eigenvalue weighted by atomic mass is 32.1. The molecule has 0 bridgehead atoms. The number of ether oxygens (including phenoxy) is 1. The Kier molecular flexibility index (Phi) is 5.64. The van der Waals surface area contributed by atoms with Gasteiger partial charge < -0.3 is 15.4 Å². The average molecular weight is 353 g/mol. The molecule has 3 rings (SSSR count). The maximum absolute atomic E-state index is 12.2. The van der Waals surface area contributed by atoms with Gasteiger partial charge in [0.15, 0.2) is 5.13 Å². The molecule has 0 atom stereocenters. The molecule has 2 aromatic carbocycles. The number of nitrogens with zero attached hydrogens (tertiary/aromatic N) is 1. The number of methoxy groups -OCH3 is 1. The van der Waals surface area contributed by atoms with Crippen LogP contribution in [0.3, 0.4) is 0 Å². The van der Waals surface area contributed by atoms with Gasteiger partial charge in [-0.15, -0.1) is 11.3 Å². The summed E-state index contributed by atoms with van der Waals surface area (Å²) in [6.45, 7) is 0.560. The zero-order valence-corrected chi connectivity index (χ0v) is 14.7. The van der Waals surface area contributed by atoms with Crippen molar-refractivity contribution in [3.8, 4) is 5.75 Å². The van der Waals surface area contributed by atoms with Crippen molar-refractivity contribution in [2.75, 3.05) is 19.0 Å². The number of benzene rings is 2. The number of para-hydroxylation sites is 1. The van der Waals surface area contributed by atoms with Gasteiger partial charge in [-0.2, -0.15) is 0 Å². The van der Waals surface area contributed by atoms with Gasteiger partial charge in [-0.1, -0.05) is 30.3 Å². The maximum Gasteiger partial charge on any atom is 0.270 e. The van der Waals surface area contributed by atoms with Crippen LogP contribution in [0, 0.1) is 0 Å². The number of nitrogens with one attached hydrogen (secondary N) is 2. The second-order valence-corrected chi connectivity index (χ2v) is 6.24. The van der Waals surface area contributed by atoms with Crippen LogP contribution < -0.4 is 15.4 Å². The van der Waals surface area contributed by atoms with Gasteiger partial charge in [-0.05, 0) is 36.2 Å².